The van der Waals surface area contributed by atoms with Crippen LogP contribution in [0.3, 0.4) is 0 Å². The number of carbonyl (C=O) groups is 1. The van der Waals surface area contributed by atoms with E-state index < -0.39 is 6.04 Å². The smallest absolute Gasteiger partial charge is 0.250 e. The maximum atomic E-state index is 14.0. The fraction of sp³-hybridized carbons (Fsp3) is 0.353. The van der Waals surface area contributed by atoms with Crippen LogP contribution in [0.15, 0.2) is 101 Å². The molecule has 2 aliphatic heterocycles. The number of aliphatic imine (C=N–C) groups is 1. The molecule has 0 bridgehead atoms. The third-order valence-corrected chi connectivity index (χ3v) is 7.06. The fourth-order valence-electron chi connectivity index (χ4n) is 5.06. The van der Waals surface area contributed by atoms with Crippen LogP contribution in [0.1, 0.15) is 51.4 Å². The van der Waals surface area contributed by atoms with Gasteiger partial charge in [-0.05, 0) is 31.7 Å². The number of carbonyl (C=O) groups excluding carboxylic acids is 1. The summed E-state index contributed by atoms with van der Waals surface area (Å²) >= 11 is 0. The summed E-state index contributed by atoms with van der Waals surface area (Å²) in [5.41, 5.74) is 3.32. The van der Waals surface area contributed by atoms with Crippen LogP contribution in [0.2, 0.25) is 0 Å². The number of nitrogens with zero attached hydrogens (tertiary/aromatic N) is 6. The molecule has 1 saturated heterocycles. The average Bonchev–Trinajstić information content (AvgIpc) is 3.55. The summed E-state index contributed by atoms with van der Waals surface area (Å²) in [4.78, 5) is 24.4. The van der Waals surface area contributed by atoms with E-state index in [0.717, 1.165) is 42.9 Å². The first-order valence-electron chi connectivity index (χ1n) is 14.6. The van der Waals surface area contributed by atoms with Gasteiger partial charge in [0.15, 0.2) is 5.76 Å². The minimum Gasteiger partial charge on any atom is -0.359 e. The van der Waals surface area contributed by atoms with Crippen molar-refractivity contribution >= 4 is 12.2 Å². The van der Waals surface area contributed by atoms with Crippen molar-refractivity contribution in [1.29, 1.82) is 5.26 Å². The third kappa shape index (κ3) is 7.97. The molecule has 0 N–H and O–H groups in total. The van der Waals surface area contributed by atoms with E-state index in [1.807, 2.05) is 75.4 Å². The van der Waals surface area contributed by atoms with Crippen molar-refractivity contribution in [3.05, 3.63) is 103 Å². The molecule has 1 amide bonds. The molecule has 1 aromatic heterocycles. The molecule has 1 unspecified atom stereocenters. The van der Waals surface area contributed by atoms with E-state index in [2.05, 4.69) is 51.3 Å². The van der Waals surface area contributed by atoms with Crippen LogP contribution in [-0.4, -0.2) is 57.8 Å². The summed E-state index contributed by atoms with van der Waals surface area (Å²) in [6.07, 6.45) is 4.84. The van der Waals surface area contributed by atoms with Crippen LogP contribution in [0, 0.1) is 11.3 Å². The van der Waals surface area contributed by atoms with Crippen molar-refractivity contribution in [2.24, 2.45) is 4.99 Å². The second-order valence-electron chi connectivity index (χ2n) is 9.72. The van der Waals surface area contributed by atoms with Gasteiger partial charge in [0.05, 0.1) is 25.0 Å². The summed E-state index contributed by atoms with van der Waals surface area (Å²) in [7, 11) is 0. The number of benzene rings is 2. The van der Waals surface area contributed by atoms with E-state index in [0.29, 0.717) is 23.6 Å². The van der Waals surface area contributed by atoms with Gasteiger partial charge in [-0.1, -0.05) is 79.7 Å². The second-order valence-corrected chi connectivity index (χ2v) is 9.72. The van der Waals surface area contributed by atoms with Crippen molar-refractivity contribution < 1.29 is 9.32 Å². The normalized spacial score (nSPS) is 18.9. The summed E-state index contributed by atoms with van der Waals surface area (Å²) in [6, 6.07) is 23.6. The number of rotatable bonds is 6. The standard InChI is InChI=1S/C30H32N6O2.C2H6.C2H4/c1-23-30(37)35(21-27-17-28(33-38-27)25-13-7-3-8-14-25)22-32-19-26(18-31)29(34-15-9-4-10-16-34)36(23)20-24-11-5-2-6-12-24;2*1-2/h2-3,5-8,11-14,17,22-23H,4,9-10,15-16,19-21H2,1H3;1-2H3;1-2H2/b29-26-,32-22?;;. The van der Waals surface area contributed by atoms with Gasteiger partial charge in [0.1, 0.15) is 23.6 Å². The lowest BCUT2D eigenvalue weighted by Gasteiger charge is -2.41. The zero-order valence-corrected chi connectivity index (χ0v) is 25.1. The monoisotopic (exact) mass is 566 g/mol. The van der Waals surface area contributed by atoms with Crippen LogP contribution >= 0.6 is 0 Å². The van der Waals surface area contributed by atoms with Crippen molar-refractivity contribution in [1.82, 2.24) is 19.9 Å². The lowest BCUT2D eigenvalue weighted by atomic mass is 10.1. The Kier molecular flexibility index (Phi) is 12.6. The summed E-state index contributed by atoms with van der Waals surface area (Å²) < 4.78 is 5.60. The van der Waals surface area contributed by atoms with Crippen molar-refractivity contribution in [3.63, 3.8) is 0 Å². The van der Waals surface area contributed by atoms with Gasteiger partial charge in [-0.3, -0.25) is 14.7 Å². The lowest BCUT2D eigenvalue weighted by Crippen LogP contribution is -2.49. The van der Waals surface area contributed by atoms with Gasteiger partial charge in [-0.2, -0.15) is 5.26 Å². The number of likely N-dealkylation sites (tertiary alicyclic amines) is 1. The maximum Gasteiger partial charge on any atom is 0.250 e. The fourth-order valence-corrected chi connectivity index (χ4v) is 5.06. The maximum absolute atomic E-state index is 14.0. The zero-order valence-electron chi connectivity index (χ0n) is 25.1. The molecule has 42 heavy (non-hydrogen) atoms. The molecule has 3 heterocycles. The Morgan fingerprint density at radius 2 is 1.62 bits per heavy atom. The molecule has 8 nitrogen and oxygen atoms in total. The van der Waals surface area contributed by atoms with Crippen molar-refractivity contribution in [2.45, 2.75) is 59.2 Å². The molecule has 2 aliphatic rings. The summed E-state index contributed by atoms with van der Waals surface area (Å²) in [5.74, 6) is 1.27. The highest BCUT2D eigenvalue weighted by Gasteiger charge is 2.33. The summed E-state index contributed by atoms with van der Waals surface area (Å²) in [6.45, 7) is 14.6. The predicted molar refractivity (Wildman–Crippen MR) is 168 cm³/mol. The Balaban J connectivity index is 0.00000116. The molecule has 0 radical (unpaired) electrons. The van der Waals surface area contributed by atoms with Crippen molar-refractivity contribution in [2.75, 3.05) is 19.6 Å². The number of aromatic nitrogens is 1. The Morgan fingerprint density at radius 1 is 0.976 bits per heavy atom. The zero-order chi connectivity index (χ0) is 30.3. The number of hydrogen-bond donors (Lipinski definition) is 0. The molecule has 0 aliphatic carbocycles. The van der Waals surface area contributed by atoms with E-state index in [9.17, 15) is 10.1 Å². The minimum atomic E-state index is -0.531. The SMILES string of the molecule is C=C.CC.CC1C(=O)N(Cc2cc(-c3ccccc3)no2)C=NC/C(C#N)=C(/N2CCCCC2)N1Cc1ccccc1. The molecule has 2 aromatic carbocycles. The topological polar surface area (TPSA) is 89.0 Å². The highest BCUT2D eigenvalue weighted by molar-refractivity contribution is 5.91. The Hall–Kier alpha value is -4.64. The summed E-state index contributed by atoms with van der Waals surface area (Å²) in [5, 5.41) is 14.4. The molecule has 5 rings (SSSR count). The molecule has 1 fully saturated rings. The van der Waals surface area contributed by atoms with Crippen LogP contribution < -0.4 is 0 Å². The predicted octanol–water partition coefficient (Wildman–Crippen LogP) is 6.65. The molecule has 3 aromatic rings. The average molecular weight is 567 g/mol. The molecule has 0 saturated carbocycles. The molecule has 8 heteroatoms. The van der Waals surface area contributed by atoms with Gasteiger partial charge < -0.3 is 14.3 Å². The van der Waals surface area contributed by atoms with E-state index in [1.54, 1.807) is 11.2 Å². The Labute approximate surface area is 250 Å². The van der Waals surface area contributed by atoms with Gasteiger partial charge in [0, 0.05) is 31.3 Å². The second kappa shape index (κ2) is 16.6. The Bertz CT molecular complexity index is 1350. The third-order valence-electron chi connectivity index (χ3n) is 7.06. The lowest BCUT2D eigenvalue weighted by molar-refractivity contribution is -0.132. The number of amides is 1. The van der Waals surface area contributed by atoms with E-state index >= 15 is 0 Å². The highest BCUT2D eigenvalue weighted by atomic mass is 16.5. The van der Waals surface area contributed by atoms with Gasteiger partial charge in [0.2, 0.25) is 0 Å². The molecule has 220 valence electrons. The van der Waals surface area contributed by atoms with E-state index in [1.165, 1.54) is 6.42 Å². The molecular weight excluding hydrogens is 524 g/mol. The van der Waals surface area contributed by atoms with E-state index in [4.69, 9.17) is 4.52 Å². The van der Waals surface area contributed by atoms with E-state index in [-0.39, 0.29) is 19.0 Å². The first-order chi connectivity index (χ1) is 20.6. The quantitative estimate of drug-likeness (QED) is 0.310. The molecule has 0 spiro atoms. The first-order valence-corrected chi connectivity index (χ1v) is 14.6. The number of hydrogen-bond acceptors (Lipinski definition) is 7. The number of piperidine rings is 1. The Morgan fingerprint density at radius 3 is 2.26 bits per heavy atom. The van der Waals surface area contributed by atoms with Gasteiger partial charge in [-0.25, -0.2) is 0 Å². The van der Waals surface area contributed by atoms with Gasteiger partial charge in [-0.15, -0.1) is 13.2 Å². The van der Waals surface area contributed by atoms with Crippen LogP contribution in [0.25, 0.3) is 11.3 Å². The first kappa shape index (κ1) is 31.9. The van der Waals surface area contributed by atoms with Gasteiger partial charge >= 0.3 is 0 Å². The number of nitriles is 1. The highest BCUT2D eigenvalue weighted by Crippen LogP contribution is 2.27. The molecule has 1 atom stereocenters. The van der Waals surface area contributed by atoms with Gasteiger partial charge in [0.25, 0.3) is 5.91 Å². The molecular formula is C34H42N6O2. The van der Waals surface area contributed by atoms with Crippen molar-refractivity contribution in [3.8, 4) is 17.3 Å². The van der Waals surface area contributed by atoms with Crippen LogP contribution in [0.5, 0.6) is 0 Å². The largest absolute Gasteiger partial charge is 0.359 e. The van der Waals surface area contributed by atoms with Crippen LogP contribution in [-0.2, 0) is 17.9 Å². The van der Waals surface area contributed by atoms with Crippen LogP contribution in [0.4, 0.5) is 0 Å². The minimum absolute atomic E-state index is 0.115.